The first-order valence-electron chi connectivity index (χ1n) is 3.66. The van der Waals surface area contributed by atoms with Crippen LogP contribution in [0.2, 0.25) is 0 Å². The first-order valence-corrected chi connectivity index (χ1v) is 3.66. The van der Waals surface area contributed by atoms with Crippen LogP contribution in [-0.2, 0) is 6.18 Å². The van der Waals surface area contributed by atoms with E-state index < -0.39 is 11.9 Å². The number of aromatic amines is 1. The van der Waals surface area contributed by atoms with Crippen molar-refractivity contribution in [2.75, 3.05) is 6.54 Å². The summed E-state index contributed by atoms with van der Waals surface area (Å²) >= 11 is 0. The van der Waals surface area contributed by atoms with Gasteiger partial charge in [-0.2, -0.15) is 18.3 Å². The molecule has 0 aliphatic rings. The molecule has 0 spiro atoms. The van der Waals surface area contributed by atoms with Crippen molar-refractivity contribution in [2.45, 2.75) is 6.18 Å². The van der Waals surface area contributed by atoms with Crippen LogP contribution in [0, 0.1) is 11.8 Å². The highest BCUT2D eigenvalue weighted by Gasteiger charge is 2.35. The zero-order chi connectivity index (χ0) is 11.3. The summed E-state index contributed by atoms with van der Waals surface area (Å²) < 4.78 is 36.7. The zero-order valence-corrected chi connectivity index (χ0v) is 7.21. The fourth-order valence-corrected chi connectivity index (χ4v) is 0.799. The van der Waals surface area contributed by atoms with Gasteiger partial charge in [0.15, 0.2) is 5.69 Å². The molecule has 0 aliphatic heterocycles. The summed E-state index contributed by atoms with van der Waals surface area (Å²) in [5.74, 6) is 4.48. The minimum atomic E-state index is -4.51. The van der Waals surface area contributed by atoms with Crippen LogP contribution in [0.4, 0.5) is 13.2 Å². The number of rotatable bonds is 1. The van der Waals surface area contributed by atoms with Gasteiger partial charge in [-0.15, -0.1) is 0 Å². The summed E-state index contributed by atoms with van der Waals surface area (Å²) in [6.45, 7) is -0.182. The van der Waals surface area contributed by atoms with E-state index in [1.54, 1.807) is 5.10 Å². The summed E-state index contributed by atoms with van der Waals surface area (Å²) in [6.07, 6.45) is -3.55. The van der Waals surface area contributed by atoms with E-state index in [0.717, 1.165) is 6.20 Å². The van der Waals surface area contributed by atoms with Gasteiger partial charge in [0.2, 0.25) is 0 Å². The Balaban J connectivity index is 2.90. The largest absolute Gasteiger partial charge is 0.434 e. The Kier molecular flexibility index (Phi) is 3.21. The van der Waals surface area contributed by atoms with Gasteiger partial charge in [0.1, 0.15) is 0 Å². The Bertz CT molecular complexity index is 443. The average Bonchev–Trinajstić information content (AvgIpc) is 2.59. The number of H-pyrrole nitrogens is 1. The molecule has 1 aromatic heterocycles. The fourth-order valence-electron chi connectivity index (χ4n) is 0.799. The lowest BCUT2D eigenvalue weighted by Gasteiger charge is -2.02. The van der Waals surface area contributed by atoms with Crippen molar-refractivity contribution >= 4 is 0 Å². The van der Waals surface area contributed by atoms with E-state index >= 15 is 0 Å². The van der Waals surface area contributed by atoms with Gasteiger partial charge in [-0.3, -0.25) is 5.10 Å². The van der Waals surface area contributed by atoms with Gasteiger partial charge in [-0.05, 0) is 5.53 Å². The molecule has 0 amide bonds. The van der Waals surface area contributed by atoms with Crippen LogP contribution in [0.5, 0.6) is 0 Å². The summed E-state index contributed by atoms with van der Waals surface area (Å²) in [6, 6.07) is 0. The van der Waals surface area contributed by atoms with Crippen molar-refractivity contribution in [3.8, 4) is 11.8 Å². The minimum absolute atomic E-state index is 0.182. The molecule has 0 radical (unpaired) electrons. The molecule has 1 heterocycles. The predicted octanol–water partition coefficient (Wildman–Crippen LogP) is 2.09. The third-order valence-corrected chi connectivity index (χ3v) is 1.36. The van der Waals surface area contributed by atoms with Crippen molar-refractivity contribution in [3.05, 3.63) is 27.9 Å². The van der Waals surface area contributed by atoms with E-state index in [1.807, 2.05) is 0 Å². The molecule has 1 N–H and O–H groups in total. The van der Waals surface area contributed by atoms with Crippen LogP contribution < -0.4 is 0 Å². The van der Waals surface area contributed by atoms with Crippen molar-refractivity contribution in [1.82, 2.24) is 10.2 Å². The van der Waals surface area contributed by atoms with Crippen molar-refractivity contribution in [1.29, 1.82) is 0 Å². The lowest BCUT2D eigenvalue weighted by atomic mass is 10.2. The lowest BCUT2D eigenvalue weighted by Crippen LogP contribution is -2.07. The molecular weight excluding hydrogens is 211 g/mol. The van der Waals surface area contributed by atoms with E-state index in [2.05, 4.69) is 27.0 Å². The number of nitrogens with one attached hydrogen (secondary N) is 1. The Morgan fingerprint density at radius 1 is 1.60 bits per heavy atom. The molecule has 0 saturated carbocycles. The first kappa shape index (κ1) is 10.9. The molecule has 0 aromatic carbocycles. The number of alkyl halides is 3. The van der Waals surface area contributed by atoms with Gasteiger partial charge in [0.05, 0.1) is 18.3 Å². The molecule has 15 heavy (non-hydrogen) atoms. The lowest BCUT2D eigenvalue weighted by molar-refractivity contribution is -0.141. The maximum absolute atomic E-state index is 12.2. The minimum Gasteiger partial charge on any atom is -0.273 e. The predicted molar refractivity (Wildman–Crippen MR) is 44.5 cm³/mol. The first-order chi connectivity index (χ1) is 7.05. The summed E-state index contributed by atoms with van der Waals surface area (Å²) in [7, 11) is 0. The number of hydrogen-bond acceptors (Lipinski definition) is 2. The third kappa shape index (κ3) is 2.93. The number of hydrogen-bond donors (Lipinski definition) is 1. The molecule has 5 nitrogen and oxygen atoms in total. The van der Waals surface area contributed by atoms with Gasteiger partial charge < -0.3 is 0 Å². The smallest absolute Gasteiger partial charge is 0.273 e. The Hall–Kier alpha value is -2.13. The van der Waals surface area contributed by atoms with Crippen LogP contribution in [-0.4, -0.2) is 16.7 Å². The molecule has 0 aliphatic carbocycles. The van der Waals surface area contributed by atoms with Gasteiger partial charge in [-0.25, -0.2) is 0 Å². The van der Waals surface area contributed by atoms with Crippen LogP contribution in [0.3, 0.4) is 0 Å². The maximum Gasteiger partial charge on any atom is 0.434 e. The van der Waals surface area contributed by atoms with Gasteiger partial charge in [0.25, 0.3) is 0 Å². The topological polar surface area (TPSA) is 77.4 Å². The van der Waals surface area contributed by atoms with E-state index in [-0.39, 0.29) is 12.1 Å². The van der Waals surface area contributed by atoms with E-state index in [1.165, 1.54) is 0 Å². The Morgan fingerprint density at radius 3 is 2.93 bits per heavy atom. The molecule has 8 heteroatoms. The SMILES string of the molecule is [N-]=[N+]=NCC#Cc1cn[nH]c1C(F)(F)F. The highest BCUT2D eigenvalue weighted by atomic mass is 19.4. The Labute approximate surface area is 81.9 Å². The van der Waals surface area contributed by atoms with Gasteiger partial charge >= 0.3 is 6.18 Å². The highest BCUT2D eigenvalue weighted by Crippen LogP contribution is 2.29. The second kappa shape index (κ2) is 4.39. The van der Waals surface area contributed by atoms with Gasteiger partial charge in [0, 0.05) is 4.91 Å². The number of nitrogens with zero attached hydrogens (tertiary/aromatic N) is 4. The van der Waals surface area contributed by atoms with Crippen LogP contribution >= 0.6 is 0 Å². The molecule has 0 atom stereocenters. The number of aromatic nitrogens is 2. The second-order valence-electron chi connectivity index (χ2n) is 2.35. The highest BCUT2D eigenvalue weighted by molar-refractivity contribution is 5.37. The quantitative estimate of drug-likeness (QED) is 0.331. The normalized spacial score (nSPS) is 10.1. The van der Waals surface area contributed by atoms with Crippen LogP contribution in [0.25, 0.3) is 10.4 Å². The third-order valence-electron chi connectivity index (χ3n) is 1.36. The van der Waals surface area contributed by atoms with E-state index in [4.69, 9.17) is 5.53 Å². The zero-order valence-electron chi connectivity index (χ0n) is 7.21. The second-order valence-corrected chi connectivity index (χ2v) is 2.35. The molecule has 0 saturated heterocycles. The monoisotopic (exact) mass is 215 g/mol. The molecule has 78 valence electrons. The van der Waals surface area contributed by atoms with Crippen molar-refractivity contribution < 1.29 is 13.2 Å². The van der Waals surface area contributed by atoms with Crippen molar-refractivity contribution in [2.24, 2.45) is 5.11 Å². The summed E-state index contributed by atoms with van der Waals surface area (Å²) in [5.41, 5.74) is 6.63. The summed E-state index contributed by atoms with van der Waals surface area (Å²) in [5, 5.41) is 8.10. The molecule has 0 bridgehead atoms. The molecular formula is C7H4F3N5. The van der Waals surface area contributed by atoms with Crippen LogP contribution in [0.15, 0.2) is 11.3 Å². The average molecular weight is 215 g/mol. The molecule has 0 fully saturated rings. The van der Waals surface area contributed by atoms with E-state index in [0.29, 0.717) is 0 Å². The maximum atomic E-state index is 12.2. The number of halogens is 3. The summed E-state index contributed by atoms with van der Waals surface area (Å²) in [4.78, 5) is 2.40. The standard InChI is InChI=1S/C7H4F3N5/c8-7(9,10)6-5(4-13-14-6)2-1-3-12-15-11/h4H,3H2,(H,13,14). The molecule has 1 aromatic rings. The van der Waals surface area contributed by atoms with Gasteiger partial charge in [-0.1, -0.05) is 17.0 Å². The molecule has 1 rings (SSSR count). The van der Waals surface area contributed by atoms with E-state index in [9.17, 15) is 13.2 Å². The van der Waals surface area contributed by atoms with Crippen LogP contribution in [0.1, 0.15) is 11.3 Å². The number of azide groups is 1. The Morgan fingerprint density at radius 2 is 2.33 bits per heavy atom. The van der Waals surface area contributed by atoms with Crippen molar-refractivity contribution in [3.63, 3.8) is 0 Å². The molecule has 0 unspecified atom stereocenters. The fraction of sp³-hybridized carbons (Fsp3) is 0.286.